The van der Waals surface area contributed by atoms with Gasteiger partial charge in [0.25, 0.3) is 5.56 Å². The molecule has 1 aromatic carbocycles. The van der Waals surface area contributed by atoms with Crippen LogP contribution in [0.15, 0.2) is 34.2 Å². The van der Waals surface area contributed by atoms with Gasteiger partial charge in [0, 0.05) is 36.6 Å². The Hall–Kier alpha value is -2.19. The van der Waals surface area contributed by atoms with Gasteiger partial charge in [-0.05, 0) is 57.0 Å². The molecular weight excluding hydrogens is 427 g/mol. The molecule has 0 bridgehead atoms. The summed E-state index contributed by atoms with van der Waals surface area (Å²) in [6.07, 6.45) is 2.42. The highest BCUT2D eigenvalue weighted by Gasteiger charge is 2.24. The Morgan fingerprint density at radius 3 is 2.47 bits per heavy atom. The van der Waals surface area contributed by atoms with E-state index in [9.17, 15) is 14.0 Å². The first-order valence-electron chi connectivity index (χ1n) is 11.5. The van der Waals surface area contributed by atoms with E-state index in [4.69, 9.17) is 0 Å². The van der Waals surface area contributed by atoms with Gasteiger partial charge in [0.2, 0.25) is 5.91 Å². The van der Waals surface area contributed by atoms with Crippen LogP contribution < -0.4 is 5.56 Å². The van der Waals surface area contributed by atoms with Gasteiger partial charge in [-0.25, -0.2) is 4.39 Å². The molecule has 3 rings (SSSR count). The summed E-state index contributed by atoms with van der Waals surface area (Å²) in [6.45, 7) is 10.5. The Morgan fingerprint density at radius 1 is 1.09 bits per heavy atom. The fourth-order valence-electron chi connectivity index (χ4n) is 4.08. The monoisotopic (exact) mass is 460 g/mol. The third-order valence-electron chi connectivity index (χ3n) is 6.09. The zero-order valence-electron chi connectivity index (χ0n) is 19.3. The summed E-state index contributed by atoms with van der Waals surface area (Å²) in [5.41, 5.74) is 2.45. The zero-order valence-corrected chi connectivity index (χ0v) is 20.1. The molecule has 1 aliphatic carbocycles. The van der Waals surface area contributed by atoms with E-state index in [1.54, 1.807) is 12.1 Å². The van der Waals surface area contributed by atoms with Crippen LogP contribution in [0.1, 0.15) is 44.0 Å². The van der Waals surface area contributed by atoms with E-state index in [-0.39, 0.29) is 23.8 Å². The number of thioether (sulfide) groups is 1. The number of carbonyl (C=O) groups excluding carboxylic acids is 1. The quantitative estimate of drug-likeness (QED) is 0.380. The van der Waals surface area contributed by atoms with Crippen LogP contribution in [0.5, 0.6) is 0 Å². The number of rotatable bonds is 11. The fourth-order valence-corrected chi connectivity index (χ4v) is 5.05. The van der Waals surface area contributed by atoms with Crippen molar-refractivity contribution < 1.29 is 9.18 Å². The van der Waals surface area contributed by atoms with Crippen molar-refractivity contribution in [3.8, 4) is 0 Å². The Kier molecular flexibility index (Phi) is 8.87. The molecule has 1 heterocycles. The van der Waals surface area contributed by atoms with E-state index < -0.39 is 0 Å². The Labute approximate surface area is 193 Å². The van der Waals surface area contributed by atoms with Crippen molar-refractivity contribution in [3.05, 3.63) is 57.3 Å². The second-order valence-electron chi connectivity index (χ2n) is 7.98. The van der Waals surface area contributed by atoms with E-state index >= 15 is 0 Å². The Bertz CT molecular complexity index is 973. The molecule has 0 aliphatic heterocycles. The first-order chi connectivity index (χ1) is 15.5. The Balaban J connectivity index is 1.80. The van der Waals surface area contributed by atoms with Crippen LogP contribution in [0.2, 0.25) is 0 Å². The van der Waals surface area contributed by atoms with Crippen molar-refractivity contribution in [2.24, 2.45) is 0 Å². The minimum absolute atomic E-state index is 0.0443. The average Bonchev–Trinajstić information content (AvgIpc) is 3.29. The van der Waals surface area contributed by atoms with Crippen LogP contribution in [0.4, 0.5) is 4.39 Å². The molecule has 1 aromatic heterocycles. The molecule has 174 valence electrons. The molecule has 0 fully saturated rings. The largest absolute Gasteiger partial charge is 0.340 e. The molecule has 0 N–H and O–H groups in total. The third kappa shape index (κ3) is 5.98. The molecule has 0 radical (unpaired) electrons. The predicted molar refractivity (Wildman–Crippen MR) is 127 cm³/mol. The number of halogens is 1. The van der Waals surface area contributed by atoms with Crippen LogP contribution in [0.3, 0.4) is 0 Å². The number of fused-ring (bicyclic) bond motifs is 1. The van der Waals surface area contributed by atoms with Crippen LogP contribution in [-0.4, -0.2) is 58.0 Å². The predicted octanol–water partition coefficient (Wildman–Crippen LogP) is 3.35. The van der Waals surface area contributed by atoms with Gasteiger partial charge in [0.05, 0.1) is 0 Å². The molecular formula is C24H33FN4O2S. The van der Waals surface area contributed by atoms with Gasteiger partial charge in [-0.1, -0.05) is 37.7 Å². The van der Waals surface area contributed by atoms with Crippen LogP contribution >= 0.6 is 11.8 Å². The van der Waals surface area contributed by atoms with Gasteiger partial charge < -0.3 is 14.4 Å². The molecule has 0 saturated carbocycles. The van der Waals surface area contributed by atoms with E-state index in [0.29, 0.717) is 24.0 Å². The topological polar surface area (TPSA) is 58.4 Å². The maximum Gasteiger partial charge on any atom is 0.277 e. The zero-order chi connectivity index (χ0) is 23.1. The molecule has 0 atom stereocenters. The van der Waals surface area contributed by atoms with E-state index in [0.717, 1.165) is 55.7 Å². The lowest BCUT2D eigenvalue weighted by Gasteiger charge is -2.26. The van der Waals surface area contributed by atoms with Gasteiger partial charge in [-0.2, -0.15) is 4.98 Å². The highest BCUT2D eigenvalue weighted by atomic mass is 32.2. The highest BCUT2D eigenvalue weighted by molar-refractivity contribution is 7.98. The first-order valence-corrected chi connectivity index (χ1v) is 12.4. The maximum absolute atomic E-state index is 13.2. The number of likely N-dealkylation sites (N-methyl/N-ethyl adjacent to an activating group) is 2. The van der Waals surface area contributed by atoms with E-state index in [2.05, 4.69) is 23.7 Å². The average molecular weight is 461 g/mol. The normalized spacial score (nSPS) is 12.9. The van der Waals surface area contributed by atoms with Crippen molar-refractivity contribution >= 4 is 17.7 Å². The Morgan fingerprint density at radius 2 is 1.81 bits per heavy atom. The summed E-state index contributed by atoms with van der Waals surface area (Å²) in [5.74, 6) is 0.322. The lowest BCUT2D eigenvalue weighted by molar-refractivity contribution is -0.132. The van der Waals surface area contributed by atoms with Crippen LogP contribution in [0.25, 0.3) is 0 Å². The summed E-state index contributed by atoms with van der Waals surface area (Å²) in [4.78, 5) is 34.3. The highest BCUT2D eigenvalue weighted by Crippen LogP contribution is 2.26. The molecule has 0 saturated heterocycles. The molecule has 6 nitrogen and oxygen atoms in total. The van der Waals surface area contributed by atoms with Gasteiger partial charge >= 0.3 is 0 Å². The second kappa shape index (κ2) is 11.6. The molecule has 32 heavy (non-hydrogen) atoms. The summed E-state index contributed by atoms with van der Waals surface area (Å²) in [5, 5.41) is 0.563. The summed E-state index contributed by atoms with van der Waals surface area (Å²) >= 11 is 1.42. The standard InChI is InChI=1S/C24H33FN4O2S/c1-4-27(5-2)14-15-28(6-3)22(30)16-29-21-9-7-8-20(21)23(31)26-24(29)32-17-18-10-12-19(25)13-11-18/h10-13H,4-9,14-17H2,1-3H3. The number of hydrogen-bond acceptors (Lipinski definition) is 5. The first kappa shape index (κ1) is 24.5. The third-order valence-corrected chi connectivity index (χ3v) is 7.14. The number of nitrogens with zero attached hydrogens (tertiary/aromatic N) is 4. The number of aromatic nitrogens is 2. The second-order valence-corrected chi connectivity index (χ2v) is 8.92. The smallest absolute Gasteiger partial charge is 0.277 e. The molecule has 1 aliphatic rings. The minimum Gasteiger partial charge on any atom is -0.340 e. The number of benzene rings is 1. The molecule has 0 spiro atoms. The van der Waals surface area contributed by atoms with Crippen molar-refractivity contribution in [1.29, 1.82) is 0 Å². The summed E-state index contributed by atoms with van der Waals surface area (Å²) < 4.78 is 15.2. The number of hydrogen-bond donors (Lipinski definition) is 0. The van der Waals surface area contributed by atoms with Crippen molar-refractivity contribution in [3.63, 3.8) is 0 Å². The fraction of sp³-hybridized carbons (Fsp3) is 0.542. The van der Waals surface area contributed by atoms with Gasteiger partial charge in [-0.3, -0.25) is 9.59 Å². The van der Waals surface area contributed by atoms with Gasteiger partial charge in [0.15, 0.2) is 5.16 Å². The van der Waals surface area contributed by atoms with Crippen molar-refractivity contribution in [1.82, 2.24) is 19.4 Å². The SMILES string of the molecule is CCN(CC)CCN(CC)C(=O)Cn1c(SCc2ccc(F)cc2)nc(=O)c2c1CCC2. The molecule has 1 amide bonds. The number of amides is 1. The lowest BCUT2D eigenvalue weighted by Crippen LogP contribution is -2.40. The molecule has 2 aromatic rings. The van der Waals surface area contributed by atoms with E-state index in [1.807, 2.05) is 16.4 Å². The summed E-state index contributed by atoms with van der Waals surface area (Å²) in [7, 11) is 0. The maximum atomic E-state index is 13.2. The minimum atomic E-state index is -0.277. The van der Waals surface area contributed by atoms with Crippen LogP contribution in [-0.2, 0) is 29.9 Å². The van der Waals surface area contributed by atoms with E-state index in [1.165, 1.54) is 23.9 Å². The van der Waals surface area contributed by atoms with Gasteiger partial charge in [0.1, 0.15) is 12.4 Å². The van der Waals surface area contributed by atoms with Crippen molar-refractivity contribution in [2.75, 3.05) is 32.7 Å². The van der Waals surface area contributed by atoms with Crippen molar-refractivity contribution in [2.45, 2.75) is 57.5 Å². The summed E-state index contributed by atoms with van der Waals surface area (Å²) in [6, 6.07) is 6.32. The lowest BCUT2D eigenvalue weighted by atomic mass is 10.2. The van der Waals surface area contributed by atoms with Gasteiger partial charge in [-0.15, -0.1) is 0 Å². The number of carbonyl (C=O) groups is 1. The molecule has 8 heteroatoms. The molecule has 0 unspecified atom stereocenters. The van der Waals surface area contributed by atoms with Crippen LogP contribution in [0, 0.1) is 5.82 Å².